The zero-order valence-electron chi connectivity index (χ0n) is 22.5. The van der Waals surface area contributed by atoms with E-state index >= 15 is 0 Å². The smallest absolute Gasteiger partial charge is 0.245 e. The van der Waals surface area contributed by atoms with Crippen LogP contribution in [0.5, 0.6) is 0 Å². The number of fused-ring (bicyclic) bond motifs is 1. The molecule has 1 saturated carbocycles. The maximum absolute atomic E-state index is 13.4. The van der Waals surface area contributed by atoms with Gasteiger partial charge in [-0.15, -0.1) is 0 Å². The highest BCUT2D eigenvalue weighted by Gasteiger charge is 2.31. The van der Waals surface area contributed by atoms with Gasteiger partial charge in [-0.05, 0) is 80.6 Å². The fourth-order valence-corrected chi connectivity index (χ4v) is 7.41. The number of carbonyl (C=O) groups is 1. The van der Waals surface area contributed by atoms with Crippen LogP contribution in [0, 0.1) is 0 Å². The Morgan fingerprint density at radius 2 is 1.61 bits per heavy atom. The zero-order chi connectivity index (χ0) is 26.5. The lowest BCUT2D eigenvalue weighted by molar-refractivity contribution is -0.132. The number of halogens is 1. The molecule has 2 fully saturated rings. The number of carbonyl (C=O) groups excluding carboxylic acids is 1. The van der Waals surface area contributed by atoms with Gasteiger partial charge >= 0.3 is 0 Å². The van der Waals surface area contributed by atoms with Crippen LogP contribution >= 0.6 is 11.6 Å². The highest BCUT2D eigenvalue weighted by atomic mass is 35.5. The van der Waals surface area contributed by atoms with E-state index in [1.807, 2.05) is 36.1 Å². The summed E-state index contributed by atoms with van der Waals surface area (Å²) in [5.41, 5.74) is 3.50. The van der Waals surface area contributed by atoms with Gasteiger partial charge < -0.3 is 14.7 Å². The van der Waals surface area contributed by atoms with Gasteiger partial charge in [0.05, 0.1) is 4.90 Å². The van der Waals surface area contributed by atoms with Crippen molar-refractivity contribution in [3.05, 3.63) is 53.1 Å². The van der Waals surface area contributed by atoms with Crippen LogP contribution in [0.3, 0.4) is 0 Å². The first-order valence-corrected chi connectivity index (χ1v) is 15.9. The molecule has 2 heterocycles. The Balaban J connectivity index is 1.14. The lowest BCUT2D eigenvalue weighted by Gasteiger charge is -2.41. The molecule has 2 atom stereocenters. The van der Waals surface area contributed by atoms with Gasteiger partial charge in [0.1, 0.15) is 17.0 Å². The summed E-state index contributed by atoms with van der Waals surface area (Å²) in [6, 6.07) is 14.3. The lowest BCUT2D eigenvalue weighted by Crippen LogP contribution is -2.55. The molecule has 6 nitrogen and oxygen atoms in total. The van der Waals surface area contributed by atoms with Crippen molar-refractivity contribution in [3.8, 4) is 0 Å². The van der Waals surface area contributed by atoms with Gasteiger partial charge in [-0.3, -0.25) is 4.79 Å². The maximum Gasteiger partial charge on any atom is 0.245 e. The molecule has 8 heteroatoms. The average molecular weight is 557 g/mol. The van der Waals surface area contributed by atoms with E-state index in [9.17, 15) is 9.00 Å². The molecular formula is C30H41ClN4O2S. The van der Waals surface area contributed by atoms with E-state index in [1.165, 1.54) is 37.7 Å². The minimum absolute atomic E-state index is 0.193. The van der Waals surface area contributed by atoms with Crippen molar-refractivity contribution in [1.82, 2.24) is 9.62 Å². The summed E-state index contributed by atoms with van der Waals surface area (Å²) in [7, 11) is -1.18. The average Bonchev–Trinajstić information content (AvgIpc) is 2.93. The van der Waals surface area contributed by atoms with Crippen LogP contribution in [-0.4, -0.2) is 59.8 Å². The minimum atomic E-state index is -1.18. The van der Waals surface area contributed by atoms with Crippen molar-refractivity contribution in [2.24, 2.45) is 0 Å². The largest absolute Gasteiger partial charge is 0.368 e. The van der Waals surface area contributed by atoms with Crippen LogP contribution in [0.2, 0.25) is 5.02 Å². The fraction of sp³-hybridized carbons (Fsp3) is 0.567. The third-order valence-corrected chi connectivity index (χ3v) is 9.89. The second-order valence-corrected chi connectivity index (χ2v) is 12.7. The summed E-state index contributed by atoms with van der Waals surface area (Å²) >= 11 is 6.21. The van der Waals surface area contributed by atoms with Gasteiger partial charge in [-0.1, -0.05) is 43.7 Å². The van der Waals surface area contributed by atoms with Crippen LogP contribution in [0.1, 0.15) is 63.9 Å². The normalized spacial score (nSPS) is 20.8. The van der Waals surface area contributed by atoms with E-state index in [1.54, 1.807) is 0 Å². The molecule has 1 saturated heterocycles. The van der Waals surface area contributed by atoms with Gasteiger partial charge in [0.15, 0.2) is 0 Å². The number of nitrogens with zero attached hydrogens (tertiary/aromatic N) is 3. The number of nitrogens with one attached hydrogen (secondary N) is 1. The van der Waals surface area contributed by atoms with E-state index in [0.29, 0.717) is 19.1 Å². The van der Waals surface area contributed by atoms with Crippen LogP contribution in [0.25, 0.3) is 0 Å². The molecule has 38 heavy (non-hydrogen) atoms. The first kappa shape index (κ1) is 27.5. The molecule has 1 amide bonds. The molecule has 5 rings (SSSR count). The van der Waals surface area contributed by atoms with Crippen molar-refractivity contribution in [1.29, 1.82) is 0 Å². The molecule has 206 valence electrons. The Labute approximate surface area is 235 Å². The van der Waals surface area contributed by atoms with Gasteiger partial charge in [-0.25, -0.2) is 8.93 Å². The van der Waals surface area contributed by atoms with E-state index < -0.39 is 11.0 Å². The van der Waals surface area contributed by atoms with E-state index in [-0.39, 0.29) is 11.9 Å². The molecule has 0 spiro atoms. The quantitative estimate of drug-likeness (QED) is 0.506. The molecular weight excluding hydrogens is 516 g/mol. The number of amides is 1. The first-order chi connectivity index (χ1) is 18.5. The van der Waals surface area contributed by atoms with Crippen LogP contribution in [0.4, 0.5) is 11.4 Å². The standard InChI is InChI=1S/C30H41ClN4O2S/c1-23(35-17-7-8-24-22-25(31)11-16-29(24)35)30(36)34-20-18-33(19-21-34)27-12-14-28(15-13-27)38(37)32-26-9-5-3-2-4-6-10-26/h11-16,22-23,26,32H,2-10,17-21H2,1H3/t23-,38?/m1/s1. The Morgan fingerprint density at radius 1 is 0.921 bits per heavy atom. The van der Waals surface area contributed by atoms with Crippen LogP contribution < -0.4 is 14.5 Å². The minimum Gasteiger partial charge on any atom is -0.368 e. The number of hydrogen-bond donors (Lipinski definition) is 1. The topological polar surface area (TPSA) is 55.9 Å². The van der Waals surface area contributed by atoms with Gasteiger partial charge in [0, 0.05) is 55.2 Å². The van der Waals surface area contributed by atoms with E-state index in [4.69, 9.17) is 11.6 Å². The predicted octanol–water partition coefficient (Wildman–Crippen LogP) is 5.56. The first-order valence-electron chi connectivity index (χ1n) is 14.4. The van der Waals surface area contributed by atoms with Crippen molar-refractivity contribution in [2.45, 2.75) is 81.7 Å². The molecule has 1 N–H and O–H groups in total. The Hall–Kier alpha value is -2.09. The summed E-state index contributed by atoms with van der Waals surface area (Å²) in [5.74, 6) is 0.193. The lowest BCUT2D eigenvalue weighted by atomic mass is 9.97. The summed E-state index contributed by atoms with van der Waals surface area (Å²) < 4.78 is 16.3. The van der Waals surface area contributed by atoms with Crippen molar-refractivity contribution < 1.29 is 9.00 Å². The SMILES string of the molecule is C[C@H](C(=O)N1CCN(c2ccc(S(=O)NC3CCCCCCC3)cc2)CC1)N1CCCc2cc(Cl)ccc21. The van der Waals surface area contributed by atoms with Crippen LogP contribution in [0.15, 0.2) is 47.4 Å². The van der Waals surface area contributed by atoms with Gasteiger partial charge in [0.2, 0.25) is 5.91 Å². The predicted molar refractivity (Wildman–Crippen MR) is 157 cm³/mol. The number of benzene rings is 2. The Morgan fingerprint density at radius 3 is 2.32 bits per heavy atom. The number of rotatable bonds is 6. The summed E-state index contributed by atoms with van der Waals surface area (Å²) in [5, 5.41) is 0.756. The maximum atomic E-state index is 13.4. The van der Waals surface area contributed by atoms with Crippen molar-refractivity contribution in [2.75, 3.05) is 42.5 Å². The van der Waals surface area contributed by atoms with Gasteiger partial charge in [-0.2, -0.15) is 0 Å². The molecule has 2 aliphatic heterocycles. The monoisotopic (exact) mass is 556 g/mol. The highest BCUT2D eigenvalue weighted by molar-refractivity contribution is 7.83. The van der Waals surface area contributed by atoms with Crippen molar-refractivity contribution in [3.63, 3.8) is 0 Å². The molecule has 3 aliphatic rings. The third kappa shape index (κ3) is 6.54. The molecule has 2 aromatic carbocycles. The molecule has 0 bridgehead atoms. The molecule has 2 aromatic rings. The van der Waals surface area contributed by atoms with E-state index in [2.05, 4.69) is 32.7 Å². The van der Waals surface area contributed by atoms with E-state index in [0.717, 1.165) is 66.6 Å². The number of piperazine rings is 1. The fourth-order valence-electron chi connectivity index (χ4n) is 6.15. The number of aryl methyl sites for hydroxylation is 1. The molecule has 0 radical (unpaired) electrons. The molecule has 1 unspecified atom stereocenters. The second kappa shape index (κ2) is 12.8. The summed E-state index contributed by atoms with van der Waals surface area (Å²) in [4.78, 5) is 20.8. The molecule has 1 aliphatic carbocycles. The second-order valence-electron chi connectivity index (χ2n) is 11.0. The van der Waals surface area contributed by atoms with Crippen LogP contribution in [-0.2, 0) is 22.2 Å². The third-order valence-electron chi connectivity index (χ3n) is 8.41. The van der Waals surface area contributed by atoms with Crippen molar-refractivity contribution >= 4 is 39.9 Å². The summed E-state index contributed by atoms with van der Waals surface area (Å²) in [6.07, 6.45) is 10.6. The highest BCUT2D eigenvalue weighted by Crippen LogP contribution is 2.31. The van der Waals surface area contributed by atoms with Gasteiger partial charge in [0.25, 0.3) is 0 Å². The summed E-state index contributed by atoms with van der Waals surface area (Å²) in [6.45, 7) is 5.94. The zero-order valence-corrected chi connectivity index (χ0v) is 24.1. The number of hydrogen-bond acceptors (Lipinski definition) is 4. The Bertz CT molecular complexity index is 1110. The Kier molecular flexibility index (Phi) is 9.29. The number of anilines is 2. The molecule has 0 aromatic heterocycles.